The molecule has 0 aliphatic carbocycles. The van der Waals surface area contributed by atoms with Gasteiger partial charge < -0.3 is 14.7 Å². The number of nitro benzene ring substituents is 1. The van der Waals surface area contributed by atoms with E-state index in [-0.39, 0.29) is 39.9 Å². The van der Waals surface area contributed by atoms with Gasteiger partial charge in [-0.15, -0.1) is 0 Å². The molecule has 0 aliphatic heterocycles. The molecule has 37 heavy (non-hydrogen) atoms. The highest BCUT2D eigenvalue weighted by molar-refractivity contribution is 6.03. The van der Waals surface area contributed by atoms with Crippen LogP contribution in [-0.2, 0) is 12.7 Å². The molecule has 0 aliphatic rings. The second kappa shape index (κ2) is 8.18. The number of aromatic amines is 2. The molecule has 0 bridgehead atoms. The van der Waals surface area contributed by atoms with Crippen molar-refractivity contribution in [3.05, 3.63) is 96.6 Å². The fourth-order valence-corrected chi connectivity index (χ4v) is 4.19. The maximum absolute atomic E-state index is 13.6. The summed E-state index contributed by atoms with van der Waals surface area (Å²) in [6, 6.07) is 7.61. The van der Waals surface area contributed by atoms with Crippen molar-refractivity contribution in [2.24, 2.45) is 0 Å². The van der Waals surface area contributed by atoms with E-state index in [4.69, 9.17) is 0 Å². The minimum atomic E-state index is -4.82. The Balaban J connectivity index is 1.90. The van der Waals surface area contributed by atoms with Crippen LogP contribution in [0.2, 0.25) is 0 Å². The van der Waals surface area contributed by atoms with Gasteiger partial charge in [-0.1, -0.05) is 12.1 Å². The number of aromatic carboxylic acids is 1. The van der Waals surface area contributed by atoms with Gasteiger partial charge in [0.15, 0.2) is 11.3 Å². The third-order valence-electron chi connectivity index (χ3n) is 5.74. The fourth-order valence-electron chi connectivity index (χ4n) is 4.19. The van der Waals surface area contributed by atoms with Gasteiger partial charge in [0.1, 0.15) is 5.52 Å². The first-order chi connectivity index (χ1) is 17.5. The molecule has 0 spiro atoms. The second-order valence-electron chi connectivity index (χ2n) is 7.94. The van der Waals surface area contributed by atoms with Crippen LogP contribution in [0.15, 0.2) is 58.4 Å². The second-order valence-corrected chi connectivity index (χ2v) is 7.94. The van der Waals surface area contributed by atoms with Gasteiger partial charge in [-0.05, 0) is 23.8 Å². The molecule has 0 saturated carbocycles. The Morgan fingerprint density at radius 1 is 1.16 bits per heavy atom. The van der Waals surface area contributed by atoms with Crippen molar-refractivity contribution >= 4 is 33.7 Å². The van der Waals surface area contributed by atoms with Crippen LogP contribution in [0.4, 0.5) is 18.9 Å². The first kappa shape index (κ1) is 23.5. The lowest BCUT2D eigenvalue weighted by molar-refractivity contribution is -0.384. The molecule has 5 rings (SSSR count). The Morgan fingerprint density at radius 2 is 1.92 bits per heavy atom. The molecule has 0 saturated heterocycles. The number of imidazole rings is 1. The summed E-state index contributed by atoms with van der Waals surface area (Å²) in [6.07, 6.45) is -3.71. The zero-order chi connectivity index (χ0) is 26.6. The quantitative estimate of drug-likeness (QED) is 0.239. The van der Waals surface area contributed by atoms with Crippen LogP contribution in [0.3, 0.4) is 0 Å². The number of hydrogen-bond acceptors (Lipinski definition) is 6. The number of carbonyl (C=O) groups is 1. The number of rotatable bonds is 5. The molecule has 3 heterocycles. The van der Waals surface area contributed by atoms with E-state index in [1.807, 2.05) is 0 Å². The molecule has 0 atom stereocenters. The minimum Gasteiger partial charge on any atom is -0.477 e. The van der Waals surface area contributed by atoms with Crippen LogP contribution in [0.1, 0.15) is 21.6 Å². The number of benzene rings is 2. The van der Waals surface area contributed by atoms with Gasteiger partial charge in [0.05, 0.1) is 28.0 Å². The van der Waals surface area contributed by atoms with Gasteiger partial charge in [-0.25, -0.2) is 19.1 Å². The Labute approximate surface area is 201 Å². The summed E-state index contributed by atoms with van der Waals surface area (Å²) in [4.78, 5) is 57.6. The standard InChI is InChI=1S/C22H13F3N6O6/c23-22(24,25)11-4-5-14-13(7-11)16(30-19(32)15-18(27-9-26-15)28-21(30)35)17(20(33)34)29(14)8-10-2-1-3-12(6-10)31(36)37/h1-7,9H,8H2,(H,26,27)(H,28,35)(H,33,34). The number of nitro groups is 1. The number of nitrogens with one attached hydrogen (secondary N) is 2. The van der Waals surface area contributed by atoms with Gasteiger partial charge in [0.25, 0.3) is 11.2 Å². The van der Waals surface area contributed by atoms with Gasteiger partial charge >= 0.3 is 17.8 Å². The fraction of sp³-hybridized carbons (Fsp3) is 0.0909. The topological polar surface area (TPSA) is 169 Å². The van der Waals surface area contributed by atoms with Crippen LogP contribution in [0.25, 0.3) is 27.8 Å². The molecule has 3 aromatic heterocycles. The van der Waals surface area contributed by atoms with Gasteiger partial charge in [-0.2, -0.15) is 13.2 Å². The van der Waals surface area contributed by atoms with Gasteiger partial charge in [-0.3, -0.25) is 19.9 Å². The normalized spacial score (nSPS) is 11.9. The molecular weight excluding hydrogens is 501 g/mol. The van der Waals surface area contributed by atoms with Crippen LogP contribution in [0, 0.1) is 10.1 Å². The van der Waals surface area contributed by atoms with Crippen molar-refractivity contribution < 1.29 is 28.0 Å². The largest absolute Gasteiger partial charge is 0.477 e. The predicted octanol–water partition coefficient (Wildman–Crippen LogP) is 3.03. The summed E-state index contributed by atoms with van der Waals surface area (Å²) in [6.45, 7) is -0.329. The number of carboxylic acid groups (broad SMARTS) is 1. The number of carboxylic acids is 1. The zero-order valence-electron chi connectivity index (χ0n) is 18.2. The zero-order valence-corrected chi connectivity index (χ0v) is 18.2. The molecule has 0 fully saturated rings. The Bertz CT molecular complexity index is 1860. The van der Waals surface area contributed by atoms with Crippen LogP contribution in [0.5, 0.6) is 0 Å². The number of nitrogens with zero attached hydrogens (tertiary/aromatic N) is 4. The predicted molar refractivity (Wildman–Crippen MR) is 122 cm³/mol. The molecule has 0 radical (unpaired) electrons. The highest BCUT2D eigenvalue weighted by Crippen LogP contribution is 2.36. The van der Waals surface area contributed by atoms with E-state index in [2.05, 4.69) is 15.0 Å². The highest BCUT2D eigenvalue weighted by atomic mass is 19.4. The molecule has 0 amide bonds. The first-order valence-corrected chi connectivity index (χ1v) is 10.4. The summed E-state index contributed by atoms with van der Waals surface area (Å²) in [5.74, 6) is -1.65. The van der Waals surface area contributed by atoms with E-state index >= 15 is 0 Å². The van der Waals surface area contributed by atoms with Gasteiger partial charge in [0, 0.05) is 24.1 Å². The van der Waals surface area contributed by atoms with Crippen molar-refractivity contribution in [2.75, 3.05) is 0 Å². The molecular formula is C22H13F3N6O6. The number of halogens is 3. The smallest absolute Gasteiger partial charge is 0.416 e. The summed E-state index contributed by atoms with van der Waals surface area (Å²) in [5, 5.41) is 21.0. The van der Waals surface area contributed by atoms with E-state index < -0.39 is 45.3 Å². The van der Waals surface area contributed by atoms with Crippen LogP contribution < -0.4 is 11.2 Å². The summed E-state index contributed by atoms with van der Waals surface area (Å²) in [7, 11) is 0. The Morgan fingerprint density at radius 3 is 2.59 bits per heavy atom. The van der Waals surface area contributed by atoms with Crippen LogP contribution in [-0.4, -0.2) is 40.1 Å². The lowest BCUT2D eigenvalue weighted by Gasteiger charge is -2.10. The summed E-state index contributed by atoms with van der Waals surface area (Å²) in [5.41, 5.74) is -4.99. The van der Waals surface area contributed by atoms with E-state index in [1.165, 1.54) is 24.3 Å². The third kappa shape index (κ3) is 3.81. The number of H-pyrrole nitrogens is 2. The maximum atomic E-state index is 13.6. The van der Waals surface area contributed by atoms with Crippen LogP contribution >= 0.6 is 0 Å². The summed E-state index contributed by atoms with van der Waals surface area (Å²) >= 11 is 0. The number of fused-ring (bicyclic) bond motifs is 2. The van der Waals surface area contributed by atoms with E-state index in [9.17, 15) is 42.8 Å². The van der Waals surface area contributed by atoms with Crippen molar-refractivity contribution in [1.29, 1.82) is 0 Å². The van der Waals surface area contributed by atoms with Crippen molar-refractivity contribution in [3.8, 4) is 5.69 Å². The maximum Gasteiger partial charge on any atom is 0.416 e. The van der Waals surface area contributed by atoms with E-state index in [0.29, 0.717) is 10.6 Å². The molecule has 0 unspecified atom stereocenters. The van der Waals surface area contributed by atoms with E-state index in [0.717, 1.165) is 23.0 Å². The molecule has 12 nitrogen and oxygen atoms in total. The average Bonchev–Trinajstić information content (AvgIpc) is 3.41. The lowest BCUT2D eigenvalue weighted by atomic mass is 10.1. The molecule has 5 aromatic rings. The van der Waals surface area contributed by atoms with Crippen molar-refractivity contribution in [3.63, 3.8) is 0 Å². The Kier molecular flexibility index (Phi) is 5.20. The summed E-state index contributed by atoms with van der Waals surface area (Å²) < 4.78 is 42.2. The molecule has 2 aromatic carbocycles. The third-order valence-corrected chi connectivity index (χ3v) is 5.74. The molecule has 3 N–H and O–H groups in total. The number of aromatic nitrogens is 5. The van der Waals surface area contributed by atoms with E-state index in [1.54, 1.807) is 0 Å². The molecule has 188 valence electrons. The number of hydrogen-bond donors (Lipinski definition) is 3. The highest BCUT2D eigenvalue weighted by Gasteiger charge is 2.33. The minimum absolute atomic E-state index is 0.0529. The van der Waals surface area contributed by atoms with Crippen molar-refractivity contribution in [2.45, 2.75) is 12.7 Å². The number of alkyl halides is 3. The number of non-ortho nitro benzene ring substituents is 1. The van der Waals surface area contributed by atoms with Gasteiger partial charge in [0.2, 0.25) is 0 Å². The SMILES string of the molecule is O=C(O)c1c(-n2c(=O)[nH]c3nc[nH]c3c2=O)c2cc(C(F)(F)F)ccc2n1Cc1cccc([N+](=O)[O-])c1. The monoisotopic (exact) mass is 514 g/mol. The Hall–Kier alpha value is -5.21. The molecule has 15 heteroatoms. The average molecular weight is 514 g/mol. The lowest BCUT2D eigenvalue weighted by Crippen LogP contribution is -2.34. The van der Waals surface area contributed by atoms with Crippen molar-refractivity contribution in [1.82, 2.24) is 24.1 Å². The first-order valence-electron chi connectivity index (χ1n) is 10.4.